The van der Waals surface area contributed by atoms with Crippen LogP contribution in [0, 0.1) is 0 Å². The molecule has 1 heterocycles. The van der Waals surface area contributed by atoms with Gasteiger partial charge in [-0.3, -0.25) is 9.48 Å². The number of carbonyl (C=O) groups is 1. The van der Waals surface area contributed by atoms with Crippen molar-refractivity contribution < 1.29 is 26.4 Å². The van der Waals surface area contributed by atoms with E-state index in [2.05, 4.69) is 15.1 Å². The smallest absolute Gasteiger partial charge is 0.355 e. The van der Waals surface area contributed by atoms with Crippen molar-refractivity contribution in [3.63, 3.8) is 0 Å². The summed E-state index contributed by atoms with van der Waals surface area (Å²) in [5.74, 6) is -0.106. The number of thioether (sulfide) groups is 1. The number of rotatable bonds is 11. The van der Waals surface area contributed by atoms with Crippen molar-refractivity contribution in [1.82, 2.24) is 19.8 Å². The van der Waals surface area contributed by atoms with Crippen LogP contribution in [0.15, 0.2) is 41.6 Å². The van der Waals surface area contributed by atoms with Crippen molar-refractivity contribution in [2.24, 2.45) is 0 Å². The highest BCUT2D eigenvalue weighted by atomic mass is 35.5. The number of nitrogens with zero attached hydrogens (tertiary/aromatic N) is 2. The molecule has 1 amide bonds. The minimum Gasteiger partial charge on any atom is -0.355 e. The second kappa shape index (κ2) is 11.2. The van der Waals surface area contributed by atoms with Gasteiger partial charge in [0.15, 0.2) is 0 Å². The molecule has 1 atom stereocenters. The van der Waals surface area contributed by atoms with E-state index in [4.69, 9.17) is 11.6 Å². The first-order valence-corrected chi connectivity index (χ1v) is 12.4. The highest BCUT2D eigenvalue weighted by Crippen LogP contribution is 2.33. The zero-order chi connectivity index (χ0) is 23.1. The Hall–Kier alpha value is -1.76. The maximum absolute atomic E-state index is 13.0. The van der Waals surface area contributed by atoms with Gasteiger partial charge in [-0.2, -0.15) is 34.8 Å². The molecule has 1 aromatic carbocycles. The number of nitrogens with one attached hydrogen (secondary N) is 2. The number of hydrogen-bond acceptors (Lipinski definition) is 5. The highest BCUT2D eigenvalue weighted by Gasteiger charge is 2.34. The molecule has 172 valence electrons. The quantitative estimate of drug-likeness (QED) is 0.464. The molecule has 0 aliphatic rings. The number of halogens is 4. The molecule has 2 aromatic rings. The molecule has 0 radical (unpaired) electrons. The van der Waals surface area contributed by atoms with Gasteiger partial charge in [0.25, 0.3) is 0 Å². The summed E-state index contributed by atoms with van der Waals surface area (Å²) in [6.07, 6.45) is 1.17. The van der Waals surface area contributed by atoms with Gasteiger partial charge in [-0.25, -0.2) is 8.42 Å². The van der Waals surface area contributed by atoms with Crippen LogP contribution in [0.4, 0.5) is 13.2 Å². The van der Waals surface area contributed by atoms with E-state index in [0.717, 1.165) is 6.07 Å². The normalized spacial score (nSPS) is 13.2. The number of aryl methyl sites for hydroxylation is 1. The van der Waals surface area contributed by atoms with Crippen molar-refractivity contribution in [2.45, 2.75) is 36.5 Å². The lowest BCUT2D eigenvalue weighted by Crippen LogP contribution is -2.47. The molecule has 2 rings (SSSR count). The van der Waals surface area contributed by atoms with E-state index in [1.165, 1.54) is 11.8 Å². The molecule has 0 bridgehead atoms. The summed E-state index contributed by atoms with van der Waals surface area (Å²) in [6, 6.07) is 2.63. The Morgan fingerprint density at radius 2 is 2.10 bits per heavy atom. The summed E-state index contributed by atoms with van der Waals surface area (Å²) in [4.78, 5) is 11.8. The topological polar surface area (TPSA) is 93.1 Å². The first-order valence-electron chi connectivity index (χ1n) is 9.18. The van der Waals surface area contributed by atoms with Gasteiger partial charge < -0.3 is 5.32 Å². The molecular weight excluding hydrogens is 477 g/mol. The fourth-order valence-corrected chi connectivity index (χ4v) is 4.85. The summed E-state index contributed by atoms with van der Waals surface area (Å²) in [5, 5.41) is 6.32. The van der Waals surface area contributed by atoms with Gasteiger partial charge in [-0.1, -0.05) is 11.6 Å². The Kier molecular flexibility index (Phi) is 9.22. The van der Waals surface area contributed by atoms with Gasteiger partial charge in [-0.15, -0.1) is 0 Å². The van der Waals surface area contributed by atoms with Crippen LogP contribution < -0.4 is 10.0 Å². The first kappa shape index (κ1) is 25.5. The zero-order valence-electron chi connectivity index (χ0n) is 16.5. The third-order valence-corrected chi connectivity index (χ3v) is 6.79. The minimum absolute atomic E-state index is 0.155. The van der Waals surface area contributed by atoms with Gasteiger partial charge in [-0.05, 0) is 49.1 Å². The third-order valence-electron chi connectivity index (χ3n) is 4.20. The summed E-state index contributed by atoms with van der Waals surface area (Å²) < 4.78 is 68.3. The average molecular weight is 499 g/mol. The number of sulfonamides is 1. The second-order valence-corrected chi connectivity index (χ2v) is 9.59. The number of amides is 1. The number of hydrogen-bond donors (Lipinski definition) is 2. The SMILES string of the molecule is CSCC[C@H](NS(=O)(=O)c1cc(C(F)(F)F)ccc1Cl)C(=O)NCCCn1cccn1. The number of aromatic nitrogens is 2. The first-order chi connectivity index (χ1) is 14.5. The molecule has 0 spiro atoms. The van der Waals surface area contributed by atoms with Crippen LogP contribution in [-0.2, 0) is 27.5 Å². The van der Waals surface area contributed by atoms with E-state index in [9.17, 15) is 26.4 Å². The van der Waals surface area contributed by atoms with E-state index in [-0.39, 0.29) is 18.0 Å². The molecule has 0 saturated carbocycles. The summed E-state index contributed by atoms with van der Waals surface area (Å²) in [7, 11) is -4.48. The lowest BCUT2D eigenvalue weighted by molar-refractivity contribution is -0.137. The van der Waals surface area contributed by atoms with Crippen molar-refractivity contribution in [3.05, 3.63) is 47.2 Å². The average Bonchev–Trinajstić information content (AvgIpc) is 3.21. The van der Waals surface area contributed by atoms with E-state index in [1.807, 2.05) is 0 Å². The van der Waals surface area contributed by atoms with Crippen molar-refractivity contribution in [2.75, 3.05) is 18.6 Å². The molecule has 0 fully saturated rings. The Bertz CT molecular complexity index is 970. The molecule has 7 nitrogen and oxygen atoms in total. The molecule has 0 aliphatic heterocycles. The lowest BCUT2D eigenvalue weighted by atomic mass is 10.2. The standard InChI is InChI=1S/C18H22ClF3N4O3S2/c1-30-11-6-15(17(27)23-7-2-9-26-10-3-8-24-26)25-31(28,29)16-12-13(18(20,21)22)4-5-14(16)19/h3-5,8,10,12,15,25H,2,6-7,9,11H2,1H3,(H,23,27)/t15-/m0/s1. The minimum atomic E-state index is -4.74. The molecule has 2 N–H and O–H groups in total. The van der Waals surface area contributed by atoms with E-state index < -0.39 is 38.6 Å². The van der Waals surface area contributed by atoms with Crippen LogP contribution in [0.5, 0.6) is 0 Å². The van der Waals surface area contributed by atoms with Crippen molar-refractivity contribution in [3.8, 4) is 0 Å². The van der Waals surface area contributed by atoms with Gasteiger partial charge in [0, 0.05) is 25.5 Å². The van der Waals surface area contributed by atoms with E-state index >= 15 is 0 Å². The number of benzene rings is 1. The van der Waals surface area contributed by atoms with E-state index in [1.54, 1.807) is 29.4 Å². The Labute approximate surface area is 187 Å². The van der Waals surface area contributed by atoms with Crippen LogP contribution >= 0.6 is 23.4 Å². The van der Waals surface area contributed by atoms with Gasteiger partial charge in [0.1, 0.15) is 10.9 Å². The third kappa shape index (κ3) is 7.70. The Balaban J connectivity index is 2.10. The van der Waals surface area contributed by atoms with E-state index in [0.29, 0.717) is 30.9 Å². The van der Waals surface area contributed by atoms with Crippen LogP contribution in [-0.4, -0.2) is 48.7 Å². The molecule has 0 aliphatic carbocycles. The van der Waals surface area contributed by atoms with Crippen LogP contribution in [0.3, 0.4) is 0 Å². The van der Waals surface area contributed by atoms with Gasteiger partial charge in [0.2, 0.25) is 15.9 Å². The molecular formula is C18H22ClF3N4O3S2. The monoisotopic (exact) mass is 498 g/mol. The van der Waals surface area contributed by atoms with Crippen molar-refractivity contribution in [1.29, 1.82) is 0 Å². The zero-order valence-corrected chi connectivity index (χ0v) is 18.9. The largest absolute Gasteiger partial charge is 0.416 e. The predicted molar refractivity (Wildman–Crippen MR) is 113 cm³/mol. The summed E-state index contributed by atoms with van der Waals surface area (Å²) in [5.41, 5.74) is -1.15. The summed E-state index contributed by atoms with van der Waals surface area (Å²) in [6.45, 7) is 0.842. The maximum Gasteiger partial charge on any atom is 0.416 e. The predicted octanol–water partition coefficient (Wildman–Crippen LogP) is 3.16. The second-order valence-electron chi connectivity index (χ2n) is 6.51. The Morgan fingerprint density at radius 3 is 2.71 bits per heavy atom. The molecule has 0 saturated heterocycles. The molecule has 1 aromatic heterocycles. The van der Waals surface area contributed by atoms with Crippen LogP contribution in [0.2, 0.25) is 5.02 Å². The molecule has 0 unspecified atom stereocenters. The highest BCUT2D eigenvalue weighted by molar-refractivity contribution is 7.98. The van der Waals surface area contributed by atoms with Gasteiger partial charge >= 0.3 is 6.18 Å². The molecule has 13 heteroatoms. The number of alkyl halides is 3. The van der Waals surface area contributed by atoms with Crippen LogP contribution in [0.25, 0.3) is 0 Å². The number of carbonyl (C=O) groups excluding carboxylic acids is 1. The van der Waals surface area contributed by atoms with Crippen LogP contribution in [0.1, 0.15) is 18.4 Å². The molecule has 31 heavy (non-hydrogen) atoms. The Morgan fingerprint density at radius 1 is 1.35 bits per heavy atom. The maximum atomic E-state index is 13.0. The van der Waals surface area contributed by atoms with Crippen molar-refractivity contribution >= 4 is 39.3 Å². The summed E-state index contributed by atoms with van der Waals surface area (Å²) >= 11 is 7.25. The fourth-order valence-electron chi connectivity index (χ4n) is 2.62. The lowest BCUT2D eigenvalue weighted by Gasteiger charge is -2.19. The van der Waals surface area contributed by atoms with Gasteiger partial charge in [0.05, 0.1) is 10.6 Å². The fraction of sp³-hybridized carbons (Fsp3) is 0.444.